The van der Waals surface area contributed by atoms with E-state index in [2.05, 4.69) is 25.5 Å². The first kappa shape index (κ1) is 25.3. The molecule has 0 bridgehead atoms. The number of carbonyl (C=O) groups is 5. The van der Waals surface area contributed by atoms with E-state index in [1.54, 1.807) is 0 Å². The van der Waals surface area contributed by atoms with E-state index in [1.165, 1.54) is 19.2 Å². The van der Waals surface area contributed by atoms with Gasteiger partial charge in [-0.15, -0.1) is 11.3 Å². The Hall–Kier alpha value is -3.99. The number of ether oxygens (including phenoxy) is 2. The Morgan fingerprint density at radius 1 is 1.36 bits per heavy atom. The Morgan fingerprint density at radius 2 is 2.03 bits per heavy atom. The monoisotopic (exact) mass is 488 g/mol. The Labute approximate surface area is 188 Å². The molecule has 1 aliphatic heterocycles. The summed E-state index contributed by atoms with van der Waals surface area (Å²) in [6.45, 7) is 1.63. The number of nitrogens with one attached hydrogen (secondary N) is 2. The largest absolute Gasteiger partial charge is 0.479 e. The summed E-state index contributed by atoms with van der Waals surface area (Å²) >= 11 is 0.962. The summed E-state index contributed by atoms with van der Waals surface area (Å²) in [4.78, 5) is 66.7. The lowest BCUT2D eigenvalue weighted by molar-refractivity contribution is -0.174. The van der Waals surface area contributed by atoms with Crippen LogP contribution < -0.4 is 22.1 Å². The smallest absolute Gasteiger partial charge is 0.404 e. The quantitative estimate of drug-likeness (QED) is 0.110. The molecule has 1 aromatic heterocycles. The Kier molecular flexibility index (Phi) is 7.72. The van der Waals surface area contributed by atoms with Crippen LogP contribution in [0.1, 0.15) is 19.5 Å². The number of nitrogens with two attached hydrogens (primary N) is 2. The molecule has 33 heavy (non-hydrogen) atoms. The molecule has 17 heteroatoms. The van der Waals surface area contributed by atoms with E-state index in [0.29, 0.717) is 0 Å². The first-order valence-electron chi connectivity index (χ1n) is 8.94. The molecule has 16 nitrogen and oxygen atoms in total. The molecule has 0 aliphatic carbocycles. The number of oxime groups is 1. The maximum Gasteiger partial charge on any atom is 0.404 e. The second-order valence-electron chi connectivity index (χ2n) is 6.89. The number of carbonyl (C=O) groups excluding carboxylic acids is 3. The van der Waals surface area contributed by atoms with Gasteiger partial charge in [-0.1, -0.05) is 5.16 Å². The van der Waals surface area contributed by atoms with E-state index < -0.39 is 66.1 Å². The van der Waals surface area contributed by atoms with Gasteiger partial charge in [-0.05, 0) is 13.8 Å². The molecule has 3 amide bonds. The van der Waals surface area contributed by atoms with E-state index in [9.17, 15) is 24.0 Å². The first-order chi connectivity index (χ1) is 15.3. The van der Waals surface area contributed by atoms with Gasteiger partial charge in [0.2, 0.25) is 11.5 Å². The molecule has 3 atom stereocenters. The molecule has 0 spiro atoms. The van der Waals surface area contributed by atoms with Crippen LogP contribution in [0.25, 0.3) is 0 Å². The summed E-state index contributed by atoms with van der Waals surface area (Å²) in [6, 6.07) is -1.37. The minimum absolute atomic E-state index is 0.0633. The molecular formula is C16H20N6O10S. The van der Waals surface area contributed by atoms with Gasteiger partial charge in [0.05, 0.1) is 0 Å². The van der Waals surface area contributed by atoms with Crippen LogP contribution in [0.15, 0.2) is 10.5 Å². The molecule has 2 heterocycles. The van der Waals surface area contributed by atoms with Gasteiger partial charge >= 0.3 is 18.0 Å². The van der Waals surface area contributed by atoms with E-state index in [4.69, 9.17) is 31.3 Å². The van der Waals surface area contributed by atoms with E-state index in [1.807, 2.05) is 0 Å². The minimum atomic E-state index is -1.80. The molecule has 0 saturated carbocycles. The Bertz CT molecular complexity index is 992. The molecule has 1 aliphatic rings. The summed E-state index contributed by atoms with van der Waals surface area (Å²) < 4.78 is 9.55. The van der Waals surface area contributed by atoms with Gasteiger partial charge in [0, 0.05) is 5.38 Å². The van der Waals surface area contributed by atoms with Gasteiger partial charge in [-0.25, -0.2) is 19.4 Å². The highest BCUT2D eigenvalue weighted by molar-refractivity contribution is 7.13. The fraction of sp³-hybridized carbons (Fsp3) is 0.438. The maximum atomic E-state index is 12.8. The van der Waals surface area contributed by atoms with E-state index in [0.717, 1.165) is 11.3 Å². The molecule has 2 rings (SSSR count). The third-order valence-electron chi connectivity index (χ3n) is 3.98. The highest BCUT2D eigenvalue weighted by Gasteiger charge is 2.45. The normalized spacial score (nSPS) is 19.0. The zero-order valence-corrected chi connectivity index (χ0v) is 18.0. The number of hydrogen-bond acceptors (Lipinski definition) is 12. The molecule has 8 N–H and O–H groups in total. The maximum absolute atomic E-state index is 12.8. The number of β-lactam (4-membered cyclic amide) rings is 1. The van der Waals surface area contributed by atoms with Crippen LogP contribution in [0.5, 0.6) is 0 Å². The van der Waals surface area contributed by atoms with Crippen molar-refractivity contribution < 1.29 is 48.5 Å². The van der Waals surface area contributed by atoms with Crippen LogP contribution in [0.2, 0.25) is 0 Å². The van der Waals surface area contributed by atoms with Gasteiger partial charge in [0.25, 0.3) is 5.91 Å². The molecule has 0 aromatic carbocycles. The second kappa shape index (κ2) is 10.1. The lowest BCUT2D eigenvalue weighted by Crippen LogP contribution is -2.71. The van der Waals surface area contributed by atoms with Crippen molar-refractivity contribution in [3.05, 3.63) is 11.1 Å². The number of thiazole rings is 1. The Balaban J connectivity index is 2.18. The van der Waals surface area contributed by atoms with Crippen molar-refractivity contribution in [2.45, 2.75) is 37.8 Å². The lowest BCUT2D eigenvalue weighted by Gasteiger charge is -2.37. The number of aromatic nitrogens is 1. The predicted octanol–water partition coefficient (Wildman–Crippen LogP) is -2.18. The van der Waals surface area contributed by atoms with Gasteiger partial charge in [-0.2, -0.15) is 0 Å². The lowest BCUT2D eigenvalue weighted by atomic mass is 10.1. The zero-order valence-electron chi connectivity index (χ0n) is 17.1. The molecule has 1 aromatic rings. The molecular weight excluding hydrogens is 468 g/mol. The summed E-state index contributed by atoms with van der Waals surface area (Å²) in [5.41, 5.74) is 7.99. The number of nitrogen functional groups attached to an aromatic ring is 1. The molecule has 3 unspecified atom stereocenters. The Morgan fingerprint density at radius 3 is 2.52 bits per heavy atom. The summed E-state index contributed by atoms with van der Waals surface area (Å²) in [7, 11) is 0. The van der Waals surface area contributed by atoms with E-state index >= 15 is 0 Å². The van der Waals surface area contributed by atoms with Crippen molar-refractivity contribution >= 4 is 52.0 Å². The third-order valence-corrected chi connectivity index (χ3v) is 4.65. The molecule has 180 valence electrons. The average molecular weight is 488 g/mol. The number of hydrogen-bond donors (Lipinski definition) is 6. The summed E-state index contributed by atoms with van der Waals surface area (Å²) in [6.07, 6.45) is -4.24. The van der Waals surface area contributed by atoms with Crippen LogP contribution in [-0.4, -0.2) is 81.3 Å². The summed E-state index contributed by atoms with van der Waals surface area (Å²) in [5, 5.41) is 27.8. The van der Waals surface area contributed by atoms with Crippen molar-refractivity contribution in [1.82, 2.24) is 15.6 Å². The van der Waals surface area contributed by atoms with Gasteiger partial charge in [0.15, 0.2) is 29.2 Å². The fourth-order valence-corrected chi connectivity index (χ4v) is 2.67. The minimum Gasteiger partial charge on any atom is -0.479 e. The van der Waals surface area contributed by atoms with Crippen molar-refractivity contribution in [2.24, 2.45) is 10.9 Å². The van der Waals surface area contributed by atoms with Crippen LogP contribution >= 0.6 is 11.3 Å². The van der Waals surface area contributed by atoms with Gasteiger partial charge in [0.1, 0.15) is 12.3 Å². The zero-order chi connectivity index (χ0) is 24.9. The first-order valence-corrected chi connectivity index (χ1v) is 9.82. The van der Waals surface area contributed by atoms with Crippen molar-refractivity contribution in [3.8, 4) is 0 Å². The topological polar surface area (TPSA) is 255 Å². The number of rotatable bonds is 11. The van der Waals surface area contributed by atoms with Crippen LogP contribution in [0.3, 0.4) is 0 Å². The predicted molar refractivity (Wildman–Crippen MR) is 108 cm³/mol. The number of carboxylic acids is 2. The highest BCUT2D eigenvalue weighted by atomic mass is 32.1. The third kappa shape index (κ3) is 6.50. The average Bonchev–Trinajstić information content (AvgIpc) is 3.13. The molecule has 0 radical (unpaired) electrons. The van der Waals surface area contributed by atoms with Crippen molar-refractivity contribution in [2.75, 3.05) is 12.3 Å². The van der Waals surface area contributed by atoms with Crippen LogP contribution in [0.4, 0.5) is 9.93 Å². The summed E-state index contributed by atoms with van der Waals surface area (Å²) in [5.74, 6) is -4.63. The second-order valence-corrected chi connectivity index (χ2v) is 7.78. The molecule has 1 saturated heterocycles. The van der Waals surface area contributed by atoms with E-state index in [-0.39, 0.29) is 10.8 Å². The number of nitrogens with zero attached hydrogens (tertiary/aromatic N) is 2. The number of primary amides is 1. The SMILES string of the molecule is CC(C)(O/N=C(/C(=O)NC1C(=O)NC1OC(COC(N)=O)C(=O)O)c1csc(N)n1)C(=O)O. The number of aliphatic carboxylic acids is 2. The fourth-order valence-electron chi connectivity index (χ4n) is 2.12. The van der Waals surface area contributed by atoms with Crippen LogP contribution in [-0.2, 0) is 33.5 Å². The molecule has 1 fully saturated rings. The van der Waals surface area contributed by atoms with Crippen LogP contribution in [0, 0.1) is 0 Å². The van der Waals surface area contributed by atoms with Gasteiger partial charge < -0.3 is 46.6 Å². The number of amides is 3. The van der Waals surface area contributed by atoms with Crippen molar-refractivity contribution in [1.29, 1.82) is 0 Å². The van der Waals surface area contributed by atoms with Crippen molar-refractivity contribution in [3.63, 3.8) is 0 Å². The number of anilines is 1. The number of carboxylic acid groups (broad SMARTS) is 2. The standard InChI is InChI=1S/C16H20N6O10S/c1-16(2,13(27)28)32-22-7(5-4-33-14(17)19-5)9(23)20-8-10(24)21-11(8)31-6(12(25)26)3-30-15(18)29/h4,6,8,11H,3H2,1-2H3,(H2,17,19)(H2,18,29)(H,20,23)(H,21,24)(H,25,26)(H,27,28)/b22-7+. The highest BCUT2D eigenvalue weighted by Crippen LogP contribution is 2.17. The van der Waals surface area contributed by atoms with Gasteiger partial charge in [-0.3, -0.25) is 9.59 Å².